The highest BCUT2D eigenvalue weighted by atomic mass is 32.2. The molecule has 0 fully saturated rings. The van der Waals surface area contributed by atoms with E-state index in [1.165, 1.54) is 20.3 Å². The summed E-state index contributed by atoms with van der Waals surface area (Å²) in [5.41, 5.74) is 1.93. The molecule has 1 aromatic heterocycles. The maximum Gasteiger partial charge on any atom is 0.433 e. The number of nitrogens with one attached hydrogen (secondary N) is 1. The summed E-state index contributed by atoms with van der Waals surface area (Å²) < 4.78 is 50.8. The third-order valence-electron chi connectivity index (χ3n) is 4.51. The van der Waals surface area contributed by atoms with Crippen molar-refractivity contribution in [2.45, 2.75) is 25.2 Å². The number of thioether (sulfide) groups is 1. The van der Waals surface area contributed by atoms with Gasteiger partial charge in [0.25, 0.3) is 0 Å². The van der Waals surface area contributed by atoms with Crippen molar-refractivity contribution in [3.8, 4) is 22.8 Å². The van der Waals surface area contributed by atoms with Crippen LogP contribution in [-0.2, 0) is 11.0 Å². The van der Waals surface area contributed by atoms with E-state index in [0.717, 1.165) is 29.0 Å². The molecule has 33 heavy (non-hydrogen) atoms. The van der Waals surface area contributed by atoms with Gasteiger partial charge in [-0.2, -0.15) is 13.2 Å². The number of nitrogens with zero attached hydrogens (tertiary/aromatic N) is 2. The van der Waals surface area contributed by atoms with Gasteiger partial charge >= 0.3 is 6.18 Å². The maximum absolute atomic E-state index is 13.5. The average Bonchev–Trinajstić information content (AvgIpc) is 2.75. The van der Waals surface area contributed by atoms with Gasteiger partial charge in [-0.05, 0) is 61.4 Å². The van der Waals surface area contributed by atoms with Gasteiger partial charge < -0.3 is 14.8 Å². The van der Waals surface area contributed by atoms with E-state index < -0.39 is 11.9 Å². The fourth-order valence-electron chi connectivity index (χ4n) is 3.15. The number of anilines is 1. The van der Waals surface area contributed by atoms with Crippen molar-refractivity contribution < 1.29 is 27.4 Å². The number of methoxy groups -OCH3 is 2. The van der Waals surface area contributed by atoms with Crippen LogP contribution in [0.2, 0.25) is 0 Å². The van der Waals surface area contributed by atoms with Crippen LogP contribution in [0.4, 0.5) is 18.9 Å². The quantitative estimate of drug-likeness (QED) is 0.357. The molecule has 10 heteroatoms. The zero-order valence-corrected chi connectivity index (χ0v) is 19.2. The second-order valence-corrected chi connectivity index (χ2v) is 8.14. The molecule has 1 N–H and O–H groups in total. The standard InChI is InChI=1S/C23H22F3N3O3S/c1-13-7-14(2)9-16(8-13)27-21(30)12-33-22-28-17(11-20(29-22)23(24,25)26)15-5-6-18(31-3)19(10-15)32-4/h5-11H,12H2,1-4H3,(H,27,30). The molecule has 1 heterocycles. The molecular weight excluding hydrogens is 455 g/mol. The van der Waals surface area contributed by atoms with Gasteiger partial charge in [-0.15, -0.1) is 0 Å². The van der Waals surface area contributed by atoms with Crippen LogP contribution in [0.5, 0.6) is 11.5 Å². The zero-order valence-electron chi connectivity index (χ0n) is 18.4. The molecule has 0 saturated carbocycles. The lowest BCUT2D eigenvalue weighted by Gasteiger charge is -2.12. The van der Waals surface area contributed by atoms with Crippen LogP contribution < -0.4 is 14.8 Å². The Bertz CT molecular complexity index is 1150. The first-order valence-electron chi connectivity index (χ1n) is 9.78. The third-order valence-corrected chi connectivity index (χ3v) is 5.36. The van der Waals surface area contributed by atoms with Crippen molar-refractivity contribution in [1.82, 2.24) is 9.97 Å². The number of benzene rings is 2. The Kier molecular flexibility index (Phi) is 7.47. The van der Waals surface area contributed by atoms with Crippen molar-refractivity contribution in [3.05, 3.63) is 59.3 Å². The van der Waals surface area contributed by atoms with Crippen LogP contribution in [0, 0.1) is 13.8 Å². The minimum absolute atomic E-state index is 0.0514. The van der Waals surface area contributed by atoms with E-state index in [2.05, 4.69) is 15.3 Å². The summed E-state index contributed by atoms with van der Waals surface area (Å²) in [4.78, 5) is 20.2. The predicted molar refractivity (Wildman–Crippen MR) is 121 cm³/mol. The number of carbonyl (C=O) groups is 1. The lowest BCUT2D eigenvalue weighted by Crippen LogP contribution is -2.15. The summed E-state index contributed by atoms with van der Waals surface area (Å²) in [6, 6.07) is 11.1. The van der Waals surface area contributed by atoms with E-state index in [-0.39, 0.29) is 22.5 Å². The number of rotatable bonds is 7. The van der Waals surface area contributed by atoms with Crippen molar-refractivity contribution in [2.24, 2.45) is 0 Å². The molecule has 0 spiro atoms. The van der Waals surface area contributed by atoms with Gasteiger partial charge in [0, 0.05) is 11.3 Å². The predicted octanol–water partition coefficient (Wildman–Crippen LogP) is 5.53. The van der Waals surface area contributed by atoms with E-state index in [9.17, 15) is 18.0 Å². The number of halogens is 3. The molecule has 0 aliphatic heterocycles. The first-order valence-corrected chi connectivity index (χ1v) is 10.8. The SMILES string of the molecule is COc1ccc(-c2cc(C(F)(F)F)nc(SCC(=O)Nc3cc(C)cc(C)c3)n2)cc1OC. The molecule has 3 aromatic rings. The number of aryl methyl sites for hydroxylation is 2. The second-order valence-electron chi connectivity index (χ2n) is 7.20. The van der Waals surface area contributed by atoms with Gasteiger partial charge in [0.1, 0.15) is 5.69 Å². The normalized spacial score (nSPS) is 11.2. The molecule has 2 aromatic carbocycles. The van der Waals surface area contributed by atoms with Crippen molar-refractivity contribution >= 4 is 23.4 Å². The van der Waals surface area contributed by atoms with E-state index in [1.807, 2.05) is 32.0 Å². The van der Waals surface area contributed by atoms with Gasteiger partial charge in [0.05, 0.1) is 25.7 Å². The summed E-state index contributed by atoms with van der Waals surface area (Å²) in [6.07, 6.45) is -4.68. The number of carbonyl (C=O) groups excluding carboxylic acids is 1. The molecular formula is C23H22F3N3O3S. The highest BCUT2D eigenvalue weighted by Gasteiger charge is 2.34. The largest absolute Gasteiger partial charge is 0.493 e. The van der Waals surface area contributed by atoms with E-state index in [0.29, 0.717) is 22.7 Å². The highest BCUT2D eigenvalue weighted by molar-refractivity contribution is 7.99. The van der Waals surface area contributed by atoms with Crippen LogP contribution in [-0.4, -0.2) is 35.8 Å². The molecule has 0 aliphatic carbocycles. The summed E-state index contributed by atoms with van der Waals surface area (Å²) in [6.45, 7) is 3.81. The minimum atomic E-state index is -4.68. The average molecular weight is 478 g/mol. The molecule has 174 valence electrons. The van der Waals surface area contributed by atoms with Gasteiger partial charge in [-0.1, -0.05) is 17.8 Å². The van der Waals surface area contributed by atoms with Crippen LogP contribution in [0.25, 0.3) is 11.3 Å². The smallest absolute Gasteiger partial charge is 0.433 e. The fraction of sp³-hybridized carbons (Fsp3) is 0.261. The summed E-state index contributed by atoms with van der Waals surface area (Å²) >= 11 is 0.823. The van der Waals surface area contributed by atoms with E-state index >= 15 is 0 Å². The molecule has 0 aliphatic rings. The highest BCUT2D eigenvalue weighted by Crippen LogP contribution is 2.35. The summed E-state index contributed by atoms with van der Waals surface area (Å²) in [7, 11) is 2.89. The monoisotopic (exact) mass is 477 g/mol. The Balaban J connectivity index is 1.85. The van der Waals surface area contributed by atoms with Crippen molar-refractivity contribution in [1.29, 1.82) is 0 Å². The zero-order chi connectivity index (χ0) is 24.2. The maximum atomic E-state index is 13.5. The number of ether oxygens (including phenoxy) is 2. The Labute approximate surface area is 193 Å². The Morgan fingerprint density at radius 3 is 2.24 bits per heavy atom. The van der Waals surface area contributed by atoms with Gasteiger partial charge in [0.15, 0.2) is 16.7 Å². The van der Waals surface area contributed by atoms with Crippen LogP contribution >= 0.6 is 11.8 Å². The summed E-state index contributed by atoms with van der Waals surface area (Å²) in [5.74, 6) is 0.256. The Morgan fingerprint density at radius 1 is 0.970 bits per heavy atom. The Hall–Kier alpha value is -3.27. The molecule has 1 amide bonds. The molecule has 0 radical (unpaired) electrons. The lowest BCUT2D eigenvalue weighted by molar-refractivity contribution is -0.141. The minimum Gasteiger partial charge on any atom is -0.493 e. The van der Waals surface area contributed by atoms with Crippen LogP contribution in [0.15, 0.2) is 47.6 Å². The number of aromatic nitrogens is 2. The first kappa shape index (κ1) is 24.4. The Morgan fingerprint density at radius 2 is 1.64 bits per heavy atom. The van der Waals surface area contributed by atoms with Gasteiger partial charge in [-0.25, -0.2) is 9.97 Å². The molecule has 0 unspecified atom stereocenters. The molecule has 0 saturated heterocycles. The van der Waals surface area contributed by atoms with Gasteiger partial charge in [-0.3, -0.25) is 4.79 Å². The first-order chi connectivity index (χ1) is 15.6. The van der Waals surface area contributed by atoms with Gasteiger partial charge in [0.2, 0.25) is 5.91 Å². The molecule has 0 bridgehead atoms. The number of amides is 1. The molecule has 3 rings (SSSR count). The fourth-order valence-corrected chi connectivity index (χ4v) is 3.81. The third kappa shape index (κ3) is 6.38. The number of hydrogen-bond donors (Lipinski definition) is 1. The number of alkyl halides is 3. The molecule has 6 nitrogen and oxygen atoms in total. The van der Waals surface area contributed by atoms with E-state index in [4.69, 9.17) is 9.47 Å². The lowest BCUT2D eigenvalue weighted by atomic mass is 10.1. The number of hydrogen-bond acceptors (Lipinski definition) is 6. The van der Waals surface area contributed by atoms with Crippen LogP contribution in [0.1, 0.15) is 16.8 Å². The second kappa shape index (κ2) is 10.1. The van der Waals surface area contributed by atoms with Crippen molar-refractivity contribution in [3.63, 3.8) is 0 Å². The topological polar surface area (TPSA) is 73.3 Å². The summed E-state index contributed by atoms with van der Waals surface area (Å²) in [5, 5.41) is 2.58. The van der Waals surface area contributed by atoms with Crippen molar-refractivity contribution in [2.75, 3.05) is 25.3 Å². The van der Waals surface area contributed by atoms with Crippen LogP contribution in [0.3, 0.4) is 0 Å². The van der Waals surface area contributed by atoms with E-state index in [1.54, 1.807) is 12.1 Å². The molecule has 0 atom stereocenters.